The Kier molecular flexibility index (Phi) is 5.49. The van der Waals surface area contributed by atoms with Crippen molar-refractivity contribution >= 4 is 11.0 Å². The number of rotatable bonds is 7. The van der Waals surface area contributed by atoms with Crippen LogP contribution in [-0.2, 0) is 13.5 Å². The van der Waals surface area contributed by atoms with Gasteiger partial charge in [-0.2, -0.15) is 0 Å². The molecule has 120 valence electrons. The fraction of sp³-hybridized carbons (Fsp3) is 0.632. The maximum absolute atomic E-state index is 4.74. The largest absolute Gasteiger partial charge is 0.331 e. The number of aryl methyl sites for hydroxylation is 2. The molecule has 1 heterocycles. The van der Waals surface area contributed by atoms with Crippen molar-refractivity contribution in [2.75, 3.05) is 13.1 Å². The topological polar surface area (TPSA) is 29.9 Å². The van der Waals surface area contributed by atoms with E-state index in [0.29, 0.717) is 0 Å². The number of hydrogen-bond donors (Lipinski definition) is 1. The third-order valence-electron chi connectivity index (χ3n) is 5.09. The van der Waals surface area contributed by atoms with Gasteiger partial charge in [0.1, 0.15) is 5.82 Å². The lowest BCUT2D eigenvalue weighted by Gasteiger charge is -2.21. The van der Waals surface area contributed by atoms with Gasteiger partial charge in [0.2, 0.25) is 0 Å². The highest BCUT2D eigenvalue weighted by Crippen LogP contribution is 2.25. The summed E-state index contributed by atoms with van der Waals surface area (Å²) >= 11 is 0. The molecule has 1 fully saturated rings. The van der Waals surface area contributed by atoms with Crippen LogP contribution < -0.4 is 5.32 Å². The van der Waals surface area contributed by atoms with Gasteiger partial charge in [0.25, 0.3) is 0 Å². The zero-order valence-electron chi connectivity index (χ0n) is 13.9. The van der Waals surface area contributed by atoms with E-state index in [1.54, 1.807) is 0 Å². The lowest BCUT2D eigenvalue weighted by Crippen LogP contribution is -2.21. The molecule has 0 bridgehead atoms. The monoisotopic (exact) mass is 299 g/mol. The summed E-state index contributed by atoms with van der Waals surface area (Å²) in [4.78, 5) is 4.74. The number of aromatic nitrogens is 2. The molecule has 1 N–H and O–H groups in total. The van der Waals surface area contributed by atoms with Crippen molar-refractivity contribution in [2.24, 2.45) is 13.0 Å². The lowest BCUT2D eigenvalue weighted by molar-refractivity contribution is 0.334. The van der Waals surface area contributed by atoms with Crippen molar-refractivity contribution in [3.63, 3.8) is 0 Å². The van der Waals surface area contributed by atoms with Crippen LogP contribution >= 0.6 is 0 Å². The first-order chi connectivity index (χ1) is 10.8. The summed E-state index contributed by atoms with van der Waals surface area (Å²) < 4.78 is 2.23. The molecular formula is C19H29N3. The average Bonchev–Trinajstić information content (AvgIpc) is 2.88. The maximum atomic E-state index is 4.74. The molecule has 3 rings (SSSR count). The third-order valence-corrected chi connectivity index (χ3v) is 5.09. The Balaban J connectivity index is 1.36. The Morgan fingerprint density at radius 1 is 1.14 bits per heavy atom. The summed E-state index contributed by atoms with van der Waals surface area (Å²) in [5.74, 6) is 2.19. The molecule has 1 aliphatic carbocycles. The quantitative estimate of drug-likeness (QED) is 0.781. The zero-order chi connectivity index (χ0) is 15.2. The van der Waals surface area contributed by atoms with Crippen LogP contribution in [0.2, 0.25) is 0 Å². The van der Waals surface area contributed by atoms with Gasteiger partial charge in [0.15, 0.2) is 0 Å². The van der Waals surface area contributed by atoms with Crippen LogP contribution in [0.4, 0.5) is 0 Å². The van der Waals surface area contributed by atoms with E-state index in [1.165, 1.54) is 62.8 Å². The third kappa shape index (κ3) is 3.89. The molecule has 22 heavy (non-hydrogen) atoms. The molecule has 0 amide bonds. The van der Waals surface area contributed by atoms with Gasteiger partial charge < -0.3 is 9.88 Å². The molecule has 1 aromatic heterocycles. The van der Waals surface area contributed by atoms with E-state index in [4.69, 9.17) is 4.98 Å². The summed E-state index contributed by atoms with van der Waals surface area (Å²) in [5.41, 5.74) is 2.35. The van der Waals surface area contributed by atoms with Crippen LogP contribution in [0, 0.1) is 5.92 Å². The Morgan fingerprint density at radius 2 is 1.95 bits per heavy atom. The Hall–Kier alpha value is -1.35. The molecular weight excluding hydrogens is 270 g/mol. The first-order valence-electron chi connectivity index (χ1n) is 8.95. The highest BCUT2D eigenvalue weighted by molar-refractivity contribution is 5.75. The van der Waals surface area contributed by atoms with Gasteiger partial charge in [0.05, 0.1) is 11.0 Å². The predicted molar refractivity (Wildman–Crippen MR) is 93.1 cm³/mol. The van der Waals surface area contributed by atoms with Crippen molar-refractivity contribution in [3.05, 3.63) is 30.1 Å². The summed E-state index contributed by atoms with van der Waals surface area (Å²) in [6.07, 6.45) is 10.9. The van der Waals surface area contributed by atoms with Gasteiger partial charge in [-0.3, -0.25) is 0 Å². The van der Waals surface area contributed by atoms with Gasteiger partial charge in [-0.15, -0.1) is 0 Å². The molecule has 0 radical (unpaired) electrons. The highest BCUT2D eigenvalue weighted by Gasteiger charge is 2.12. The van der Waals surface area contributed by atoms with Crippen molar-refractivity contribution in [3.8, 4) is 0 Å². The predicted octanol–water partition coefficient (Wildman–Crippen LogP) is 4.07. The van der Waals surface area contributed by atoms with Gasteiger partial charge in [-0.05, 0) is 44.0 Å². The first kappa shape index (κ1) is 15.5. The van der Waals surface area contributed by atoms with Crippen LogP contribution in [-0.4, -0.2) is 22.6 Å². The molecule has 0 spiro atoms. The maximum Gasteiger partial charge on any atom is 0.109 e. The van der Waals surface area contributed by atoms with E-state index in [2.05, 4.69) is 41.2 Å². The van der Waals surface area contributed by atoms with E-state index < -0.39 is 0 Å². The molecule has 0 atom stereocenters. The van der Waals surface area contributed by atoms with E-state index in [1.807, 2.05) is 0 Å². The van der Waals surface area contributed by atoms with Gasteiger partial charge >= 0.3 is 0 Å². The van der Waals surface area contributed by atoms with Crippen LogP contribution in [0.5, 0.6) is 0 Å². The fourth-order valence-corrected chi connectivity index (χ4v) is 3.70. The summed E-state index contributed by atoms with van der Waals surface area (Å²) in [6.45, 7) is 2.29. The second-order valence-electron chi connectivity index (χ2n) is 6.72. The number of hydrogen-bond acceptors (Lipinski definition) is 2. The summed E-state index contributed by atoms with van der Waals surface area (Å²) in [5, 5.41) is 3.62. The average molecular weight is 299 g/mol. The Labute approximate surface area is 134 Å². The van der Waals surface area contributed by atoms with E-state index in [9.17, 15) is 0 Å². The van der Waals surface area contributed by atoms with Gasteiger partial charge in [0, 0.05) is 13.5 Å². The molecule has 1 aliphatic rings. The molecule has 0 aliphatic heterocycles. The van der Waals surface area contributed by atoms with Crippen molar-refractivity contribution in [1.29, 1.82) is 0 Å². The summed E-state index contributed by atoms with van der Waals surface area (Å²) in [7, 11) is 2.13. The normalized spacial score (nSPS) is 16.4. The Bertz CT molecular complexity index is 581. The molecule has 2 aromatic rings. The number of benzene rings is 1. The van der Waals surface area contributed by atoms with E-state index >= 15 is 0 Å². The molecule has 0 unspecified atom stereocenters. The SMILES string of the molecule is Cn1c(CCCNCCC2CCCCC2)nc2ccccc21. The second-order valence-corrected chi connectivity index (χ2v) is 6.72. The molecule has 1 aromatic carbocycles. The summed E-state index contributed by atoms with van der Waals surface area (Å²) in [6, 6.07) is 8.39. The van der Waals surface area contributed by atoms with Gasteiger partial charge in [-0.1, -0.05) is 44.2 Å². The number of nitrogens with zero attached hydrogens (tertiary/aromatic N) is 2. The fourth-order valence-electron chi connectivity index (χ4n) is 3.70. The number of nitrogens with one attached hydrogen (secondary N) is 1. The van der Waals surface area contributed by atoms with Crippen LogP contribution in [0.3, 0.4) is 0 Å². The Morgan fingerprint density at radius 3 is 2.77 bits per heavy atom. The minimum atomic E-state index is 0.987. The first-order valence-corrected chi connectivity index (χ1v) is 8.95. The molecule has 3 heteroatoms. The van der Waals surface area contributed by atoms with E-state index in [0.717, 1.165) is 24.4 Å². The van der Waals surface area contributed by atoms with Crippen molar-refractivity contribution in [1.82, 2.24) is 14.9 Å². The number of para-hydroxylation sites is 2. The zero-order valence-corrected chi connectivity index (χ0v) is 13.9. The minimum Gasteiger partial charge on any atom is -0.331 e. The smallest absolute Gasteiger partial charge is 0.109 e. The standard InChI is InChI=1S/C19H29N3/c1-22-18-11-6-5-10-17(18)21-19(22)12-7-14-20-15-13-16-8-3-2-4-9-16/h5-6,10-11,16,20H,2-4,7-9,12-15H2,1H3. The van der Waals surface area contributed by atoms with Crippen LogP contribution in [0.1, 0.15) is 50.8 Å². The number of fused-ring (bicyclic) bond motifs is 1. The van der Waals surface area contributed by atoms with E-state index in [-0.39, 0.29) is 0 Å². The highest BCUT2D eigenvalue weighted by atomic mass is 15.1. The van der Waals surface area contributed by atoms with Gasteiger partial charge in [-0.25, -0.2) is 4.98 Å². The molecule has 3 nitrogen and oxygen atoms in total. The lowest BCUT2D eigenvalue weighted by atomic mass is 9.87. The molecule has 0 saturated heterocycles. The van der Waals surface area contributed by atoms with Crippen LogP contribution in [0.15, 0.2) is 24.3 Å². The van der Waals surface area contributed by atoms with Crippen molar-refractivity contribution < 1.29 is 0 Å². The minimum absolute atomic E-state index is 0.987. The molecule has 1 saturated carbocycles. The number of imidazole rings is 1. The van der Waals surface area contributed by atoms with Crippen molar-refractivity contribution in [2.45, 2.75) is 51.4 Å². The second kappa shape index (κ2) is 7.77. The van der Waals surface area contributed by atoms with Crippen LogP contribution in [0.25, 0.3) is 11.0 Å².